The van der Waals surface area contributed by atoms with Gasteiger partial charge in [0, 0.05) is 23.9 Å². The summed E-state index contributed by atoms with van der Waals surface area (Å²) in [7, 11) is 0. The van der Waals surface area contributed by atoms with Crippen molar-refractivity contribution in [3.8, 4) is 0 Å². The highest BCUT2D eigenvalue weighted by atomic mass is 35.5. The van der Waals surface area contributed by atoms with Gasteiger partial charge in [-0.25, -0.2) is 4.39 Å². The van der Waals surface area contributed by atoms with Crippen molar-refractivity contribution in [3.05, 3.63) is 94.5 Å². The third kappa shape index (κ3) is 4.68. The molecule has 0 radical (unpaired) electrons. The minimum atomic E-state index is -0.494. The minimum absolute atomic E-state index is 0.0367. The molecule has 2 N–H and O–H groups in total. The molecule has 2 aromatic carbocycles. The van der Waals surface area contributed by atoms with Crippen molar-refractivity contribution in [3.63, 3.8) is 0 Å². The molecule has 0 bridgehead atoms. The Bertz CT molecular complexity index is 994. The first-order valence-electron chi connectivity index (χ1n) is 8.08. The SMILES string of the molecule is O=C(NCc1ccccc1F)c1ccnc(C(=O)Nc2ccccc2Cl)c1. The number of aromatic nitrogens is 1. The number of hydrogen-bond donors (Lipinski definition) is 2. The summed E-state index contributed by atoms with van der Waals surface area (Å²) in [5.74, 6) is -1.33. The highest BCUT2D eigenvalue weighted by Gasteiger charge is 2.13. The molecule has 1 aromatic heterocycles. The van der Waals surface area contributed by atoms with Crippen molar-refractivity contribution in [2.24, 2.45) is 0 Å². The van der Waals surface area contributed by atoms with Gasteiger partial charge in [-0.1, -0.05) is 41.9 Å². The maximum atomic E-state index is 13.6. The molecule has 0 aliphatic carbocycles. The van der Waals surface area contributed by atoms with Crippen LogP contribution in [-0.2, 0) is 6.54 Å². The summed E-state index contributed by atoms with van der Waals surface area (Å²) in [6.45, 7) is 0.0367. The molecule has 0 spiro atoms. The normalized spacial score (nSPS) is 10.3. The first-order valence-corrected chi connectivity index (χ1v) is 8.46. The summed E-state index contributed by atoms with van der Waals surface area (Å²) in [4.78, 5) is 28.6. The minimum Gasteiger partial charge on any atom is -0.348 e. The summed E-state index contributed by atoms with van der Waals surface area (Å²) in [5.41, 5.74) is 1.12. The van der Waals surface area contributed by atoms with Gasteiger partial charge in [0.15, 0.2) is 0 Å². The van der Waals surface area contributed by atoms with Crippen molar-refractivity contribution in [1.82, 2.24) is 10.3 Å². The second kappa shape index (κ2) is 8.42. The Hall–Kier alpha value is -3.25. The number of halogens is 2. The number of amides is 2. The fourth-order valence-electron chi connectivity index (χ4n) is 2.36. The summed E-state index contributed by atoms with van der Waals surface area (Å²) < 4.78 is 13.6. The zero-order valence-corrected chi connectivity index (χ0v) is 14.8. The van der Waals surface area contributed by atoms with Crippen LogP contribution in [0.2, 0.25) is 5.02 Å². The third-order valence-corrected chi connectivity index (χ3v) is 4.10. The van der Waals surface area contributed by atoms with Crippen LogP contribution in [0.3, 0.4) is 0 Å². The highest BCUT2D eigenvalue weighted by molar-refractivity contribution is 6.33. The molecule has 1 heterocycles. The molecule has 0 aliphatic rings. The molecule has 0 saturated carbocycles. The number of para-hydroxylation sites is 1. The van der Waals surface area contributed by atoms with Crippen LogP contribution in [0.1, 0.15) is 26.4 Å². The molecule has 0 saturated heterocycles. The van der Waals surface area contributed by atoms with E-state index < -0.39 is 17.6 Å². The molecule has 3 rings (SSSR count). The maximum Gasteiger partial charge on any atom is 0.274 e. The van der Waals surface area contributed by atoms with E-state index >= 15 is 0 Å². The standard InChI is InChI=1S/C20H15ClFN3O2/c21-15-6-2-4-8-17(15)25-20(27)18-11-13(9-10-23-18)19(26)24-12-14-5-1-3-7-16(14)22/h1-11H,12H2,(H,24,26)(H,25,27). The highest BCUT2D eigenvalue weighted by Crippen LogP contribution is 2.21. The lowest BCUT2D eigenvalue weighted by molar-refractivity contribution is 0.0950. The maximum absolute atomic E-state index is 13.6. The van der Waals surface area contributed by atoms with E-state index in [-0.39, 0.29) is 17.8 Å². The van der Waals surface area contributed by atoms with Gasteiger partial charge in [-0.05, 0) is 30.3 Å². The van der Waals surface area contributed by atoms with Crippen LogP contribution in [0.25, 0.3) is 0 Å². The summed E-state index contributed by atoms with van der Waals surface area (Å²) in [6.07, 6.45) is 1.36. The van der Waals surface area contributed by atoms with Gasteiger partial charge in [0.25, 0.3) is 11.8 Å². The molecule has 27 heavy (non-hydrogen) atoms. The number of rotatable bonds is 5. The summed E-state index contributed by atoms with van der Waals surface area (Å²) in [5, 5.41) is 5.66. The van der Waals surface area contributed by atoms with Gasteiger partial charge in [0.2, 0.25) is 0 Å². The Balaban J connectivity index is 1.69. The van der Waals surface area contributed by atoms with Crippen LogP contribution in [0.4, 0.5) is 10.1 Å². The van der Waals surface area contributed by atoms with Crippen LogP contribution < -0.4 is 10.6 Å². The van der Waals surface area contributed by atoms with E-state index in [1.54, 1.807) is 42.5 Å². The Morgan fingerprint density at radius 2 is 1.74 bits per heavy atom. The van der Waals surface area contributed by atoms with Gasteiger partial charge in [-0.2, -0.15) is 0 Å². The Labute approximate surface area is 160 Å². The first-order chi connectivity index (χ1) is 13.0. The number of carbonyl (C=O) groups excluding carboxylic acids is 2. The zero-order chi connectivity index (χ0) is 19.2. The number of anilines is 1. The third-order valence-electron chi connectivity index (χ3n) is 3.77. The predicted octanol–water partition coefficient (Wildman–Crippen LogP) is 4.06. The molecule has 5 nitrogen and oxygen atoms in total. The van der Waals surface area contributed by atoms with E-state index in [0.717, 1.165) is 0 Å². The Morgan fingerprint density at radius 3 is 2.52 bits per heavy atom. The average molecular weight is 384 g/mol. The molecular formula is C20H15ClFN3O2. The smallest absolute Gasteiger partial charge is 0.274 e. The van der Waals surface area contributed by atoms with Gasteiger partial charge >= 0.3 is 0 Å². The van der Waals surface area contributed by atoms with E-state index in [4.69, 9.17) is 11.6 Å². The van der Waals surface area contributed by atoms with Crippen LogP contribution in [0.5, 0.6) is 0 Å². The molecule has 0 aliphatic heterocycles. The first kappa shape index (κ1) is 18.5. The van der Waals surface area contributed by atoms with Crippen LogP contribution in [-0.4, -0.2) is 16.8 Å². The molecule has 0 fully saturated rings. The lowest BCUT2D eigenvalue weighted by Gasteiger charge is -2.09. The fourth-order valence-corrected chi connectivity index (χ4v) is 2.55. The quantitative estimate of drug-likeness (QED) is 0.698. The largest absolute Gasteiger partial charge is 0.348 e. The molecule has 0 unspecified atom stereocenters. The van der Waals surface area contributed by atoms with E-state index in [1.165, 1.54) is 24.4 Å². The van der Waals surface area contributed by atoms with Crippen LogP contribution in [0, 0.1) is 5.82 Å². The van der Waals surface area contributed by atoms with Crippen molar-refractivity contribution in [2.75, 3.05) is 5.32 Å². The van der Waals surface area contributed by atoms with Gasteiger partial charge in [-0.15, -0.1) is 0 Å². The van der Waals surface area contributed by atoms with Gasteiger partial charge in [-0.3, -0.25) is 14.6 Å². The fraction of sp³-hybridized carbons (Fsp3) is 0.0500. The van der Waals surface area contributed by atoms with Crippen molar-refractivity contribution < 1.29 is 14.0 Å². The second-order valence-electron chi connectivity index (χ2n) is 5.64. The van der Waals surface area contributed by atoms with Crippen molar-refractivity contribution >= 4 is 29.1 Å². The predicted molar refractivity (Wildman–Crippen MR) is 101 cm³/mol. The topological polar surface area (TPSA) is 71.1 Å². The Morgan fingerprint density at radius 1 is 1.00 bits per heavy atom. The van der Waals surface area contributed by atoms with Gasteiger partial charge in [0.05, 0.1) is 10.7 Å². The Kier molecular flexibility index (Phi) is 5.78. The van der Waals surface area contributed by atoms with Crippen molar-refractivity contribution in [1.29, 1.82) is 0 Å². The monoisotopic (exact) mass is 383 g/mol. The molecule has 136 valence electrons. The van der Waals surface area contributed by atoms with Crippen LogP contribution in [0.15, 0.2) is 66.9 Å². The number of carbonyl (C=O) groups is 2. The van der Waals surface area contributed by atoms with Crippen molar-refractivity contribution in [2.45, 2.75) is 6.54 Å². The molecule has 7 heteroatoms. The lowest BCUT2D eigenvalue weighted by atomic mass is 10.2. The van der Waals surface area contributed by atoms with E-state index in [9.17, 15) is 14.0 Å². The van der Waals surface area contributed by atoms with Gasteiger partial charge < -0.3 is 10.6 Å². The molecule has 2 amide bonds. The number of nitrogens with one attached hydrogen (secondary N) is 2. The number of benzene rings is 2. The number of pyridine rings is 1. The van der Waals surface area contributed by atoms with E-state index in [0.29, 0.717) is 16.3 Å². The lowest BCUT2D eigenvalue weighted by Crippen LogP contribution is -2.24. The van der Waals surface area contributed by atoms with E-state index in [2.05, 4.69) is 15.6 Å². The molecule has 3 aromatic rings. The molecule has 0 atom stereocenters. The summed E-state index contributed by atoms with van der Waals surface area (Å²) in [6, 6.07) is 15.8. The summed E-state index contributed by atoms with van der Waals surface area (Å²) >= 11 is 6.02. The average Bonchev–Trinajstić information content (AvgIpc) is 2.69. The van der Waals surface area contributed by atoms with Crippen LogP contribution >= 0.6 is 11.6 Å². The number of hydrogen-bond acceptors (Lipinski definition) is 3. The van der Waals surface area contributed by atoms with Gasteiger partial charge in [0.1, 0.15) is 11.5 Å². The molecular weight excluding hydrogens is 369 g/mol. The number of nitrogens with zero attached hydrogens (tertiary/aromatic N) is 1. The zero-order valence-electron chi connectivity index (χ0n) is 14.1. The second-order valence-corrected chi connectivity index (χ2v) is 6.05. The van der Waals surface area contributed by atoms with E-state index in [1.807, 2.05) is 0 Å².